The first-order valence-electron chi connectivity index (χ1n) is 5.86. The van der Waals surface area contributed by atoms with Crippen molar-refractivity contribution in [1.82, 2.24) is 0 Å². The molecule has 2 saturated heterocycles. The minimum Gasteiger partial charge on any atom is -0.431 e. The van der Waals surface area contributed by atoms with Crippen LogP contribution in [0.4, 0.5) is 0 Å². The predicted molar refractivity (Wildman–Crippen MR) is 59.2 cm³/mol. The summed E-state index contributed by atoms with van der Waals surface area (Å²) in [4.78, 5) is 7.26. The molecule has 0 unspecified atom stereocenters. The van der Waals surface area contributed by atoms with Gasteiger partial charge in [0.05, 0.1) is 0 Å². The van der Waals surface area contributed by atoms with Crippen molar-refractivity contribution in [3.63, 3.8) is 0 Å². The highest BCUT2D eigenvalue weighted by atomic mass is 16.8. The van der Waals surface area contributed by atoms with Gasteiger partial charge in [-0.15, -0.1) is 0 Å². The summed E-state index contributed by atoms with van der Waals surface area (Å²) < 4.78 is 22.6. The quantitative estimate of drug-likeness (QED) is 0.323. The molecule has 8 nitrogen and oxygen atoms in total. The summed E-state index contributed by atoms with van der Waals surface area (Å²) in [6.45, 7) is 6.17. The van der Waals surface area contributed by atoms with Crippen LogP contribution in [0.1, 0.15) is 20.8 Å². The van der Waals surface area contributed by atoms with Crippen LogP contribution < -0.4 is 0 Å². The van der Waals surface area contributed by atoms with Gasteiger partial charge in [0.15, 0.2) is 12.1 Å². The van der Waals surface area contributed by atoms with Crippen LogP contribution in [0.15, 0.2) is 5.28 Å². The third kappa shape index (κ3) is 2.68. The standard InChI is InChI=1S/C10H17N3O5/c1-4-14-7-6(5-15-13-12-11)16-9-8(7)17-10(2,3)18-9/h6-9H,4-5H2,1-3H3/t6-,7+,8-,9-/m1/s1. The molecule has 0 saturated carbocycles. The van der Waals surface area contributed by atoms with Crippen LogP contribution in [0.2, 0.25) is 0 Å². The Morgan fingerprint density at radius 3 is 2.83 bits per heavy atom. The lowest BCUT2D eigenvalue weighted by Gasteiger charge is -2.24. The molecule has 0 amide bonds. The number of azide groups is 1. The van der Waals surface area contributed by atoms with Crippen LogP contribution in [0.3, 0.4) is 0 Å². The zero-order chi connectivity index (χ0) is 13.2. The van der Waals surface area contributed by atoms with E-state index in [1.807, 2.05) is 20.8 Å². The van der Waals surface area contributed by atoms with Gasteiger partial charge in [-0.2, -0.15) is 0 Å². The Morgan fingerprint density at radius 2 is 2.17 bits per heavy atom. The summed E-state index contributed by atoms with van der Waals surface area (Å²) in [6, 6.07) is 0. The molecule has 2 aliphatic rings. The Labute approximate surface area is 105 Å². The lowest BCUT2D eigenvalue weighted by molar-refractivity contribution is -0.223. The van der Waals surface area contributed by atoms with Gasteiger partial charge in [0.1, 0.15) is 30.2 Å². The van der Waals surface area contributed by atoms with Crippen molar-refractivity contribution in [3.05, 3.63) is 10.4 Å². The van der Waals surface area contributed by atoms with Crippen molar-refractivity contribution in [2.24, 2.45) is 5.28 Å². The van der Waals surface area contributed by atoms with Crippen molar-refractivity contribution in [2.45, 2.75) is 51.2 Å². The monoisotopic (exact) mass is 259 g/mol. The summed E-state index contributed by atoms with van der Waals surface area (Å²) in [5.41, 5.74) is 8.15. The molecular weight excluding hydrogens is 242 g/mol. The molecule has 2 fully saturated rings. The van der Waals surface area contributed by atoms with Gasteiger partial charge < -0.3 is 23.8 Å². The van der Waals surface area contributed by atoms with Crippen molar-refractivity contribution in [1.29, 1.82) is 0 Å². The highest BCUT2D eigenvalue weighted by molar-refractivity contribution is 4.93. The maximum Gasteiger partial charge on any atom is 0.190 e. The molecule has 2 aliphatic heterocycles. The fourth-order valence-electron chi connectivity index (χ4n) is 2.21. The normalized spacial score (nSPS) is 37.1. The molecule has 0 aromatic heterocycles. The summed E-state index contributed by atoms with van der Waals surface area (Å²) >= 11 is 0. The van der Waals surface area contributed by atoms with Gasteiger partial charge in [-0.3, -0.25) is 0 Å². The van der Waals surface area contributed by atoms with E-state index in [4.69, 9.17) is 29.3 Å². The Balaban J connectivity index is 1.99. The number of ether oxygens (including phenoxy) is 4. The first-order chi connectivity index (χ1) is 8.57. The van der Waals surface area contributed by atoms with E-state index in [9.17, 15) is 0 Å². The molecule has 2 heterocycles. The maximum absolute atomic E-state index is 8.15. The van der Waals surface area contributed by atoms with Crippen molar-refractivity contribution >= 4 is 0 Å². The van der Waals surface area contributed by atoms with E-state index >= 15 is 0 Å². The number of hydrogen-bond donors (Lipinski definition) is 0. The van der Waals surface area contributed by atoms with E-state index in [1.165, 1.54) is 0 Å². The van der Waals surface area contributed by atoms with E-state index in [1.54, 1.807) is 0 Å². The van der Waals surface area contributed by atoms with Gasteiger partial charge in [-0.05, 0) is 26.3 Å². The van der Waals surface area contributed by atoms with E-state index in [0.717, 1.165) is 0 Å². The molecule has 0 bridgehead atoms. The lowest BCUT2D eigenvalue weighted by Crippen LogP contribution is -2.38. The Bertz CT molecular complexity index is 344. The smallest absolute Gasteiger partial charge is 0.190 e. The average molecular weight is 259 g/mol. The molecule has 0 aromatic carbocycles. The average Bonchev–Trinajstić information content (AvgIpc) is 2.74. The fraction of sp³-hybridized carbons (Fsp3) is 1.00. The van der Waals surface area contributed by atoms with Crippen molar-refractivity contribution < 1.29 is 23.8 Å². The molecule has 0 aliphatic carbocycles. The largest absolute Gasteiger partial charge is 0.431 e. The Morgan fingerprint density at radius 1 is 1.39 bits per heavy atom. The van der Waals surface area contributed by atoms with Crippen LogP contribution >= 0.6 is 0 Å². The summed E-state index contributed by atoms with van der Waals surface area (Å²) in [7, 11) is 0. The van der Waals surface area contributed by atoms with Gasteiger partial charge in [0.25, 0.3) is 0 Å². The number of hydrogen-bond acceptors (Lipinski definition) is 6. The zero-order valence-electron chi connectivity index (χ0n) is 10.6. The maximum atomic E-state index is 8.15. The van der Waals surface area contributed by atoms with E-state index in [0.29, 0.717) is 6.61 Å². The third-order valence-electron chi connectivity index (χ3n) is 2.78. The number of rotatable bonds is 5. The van der Waals surface area contributed by atoms with E-state index < -0.39 is 12.1 Å². The second kappa shape index (κ2) is 5.29. The first-order valence-corrected chi connectivity index (χ1v) is 5.86. The molecule has 18 heavy (non-hydrogen) atoms. The predicted octanol–water partition coefficient (Wildman–Crippen LogP) is 1.51. The van der Waals surface area contributed by atoms with Gasteiger partial charge in [0.2, 0.25) is 0 Å². The molecule has 0 spiro atoms. The molecule has 4 atom stereocenters. The SMILES string of the molecule is CCO[C@@H]1[C@H]2OC(C)(C)O[C@H]2O[C@@H]1CON=[N+]=[N-]. The van der Waals surface area contributed by atoms with Crippen LogP contribution in [0.5, 0.6) is 0 Å². The summed E-state index contributed by atoms with van der Waals surface area (Å²) in [5, 5.41) is 3.02. The highest BCUT2D eigenvalue weighted by Gasteiger charge is 2.55. The van der Waals surface area contributed by atoms with E-state index in [-0.39, 0.29) is 24.9 Å². The van der Waals surface area contributed by atoms with Crippen LogP contribution in [0, 0.1) is 0 Å². The molecular formula is C10H17N3O5. The van der Waals surface area contributed by atoms with Crippen LogP contribution in [0.25, 0.3) is 10.4 Å². The van der Waals surface area contributed by atoms with E-state index in [2.05, 4.69) is 10.2 Å². The number of nitrogens with zero attached hydrogens (tertiary/aromatic N) is 3. The second-order valence-electron chi connectivity index (χ2n) is 4.53. The van der Waals surface area contributed by atoms with Gasteiger partial charge in [-0.25, -0.2) is 0 Å². The second-order valence-corrected chi connectivity index (χ2v) is 4.53. The number of fused-ring (bicyclic) bond motifs is 1. The molecule has 102 valence electrons. The first kappa shape index (κ1) is 13.4. The highest BCUT2D eigenvalue weighted by Crippen LogP contribution is 2.38. The van der Waals surface area contributed by atoms with Crippen LogP contribution in [-0.2, 0) is 23.8 Å². The zero-order valence-corrected chi connectivity index (χ0v) is 10.6. The minimum atomic E-state index is -0.679. The molecule has 0 aromatic rings. The minimum absolute atomic E-state index is 0.106. The van der Waals surface area contributed by atoms with Gasteiger partial charge in [-0.1, -0.05) is 0 Å². The topological polar surface area (TPSA) is 94.9 Å². The Kier molecular flexibility index (Phi) is 3.94. The molecule has 8 heteroatoms. The summed E-state index contributed by atoms with van der Waals surface area (Å²) in [5.74, 6) is -0.679. The third-order valence-corrected chi connectivity index (χ3v) is 2.78. The van der Waals surface area contributed by atoms with Crippen molar-refractivity contribution in [3.8, 4) is 0 Å². The van der Waals surface area contributed by atoms with Crippen LogP contribution in [-0.4, -0.2) is 43.6 Å². The summed E-state index contributed by atoms with van der Waals surface area (Å²) in [6.07, 6.45) is -1.44. The Hall–Kier alpha value is -1.05. The van der Waals surface area contributed by atoms with Gasteiger partial charge in [0, 0.05) is 11.5 Å². The fourth-order valence-corrected chi connectivity index (χ4v) is 2.21. The molecule has 0 N–H and O–H groups in total. The lowest BCUT2D eigenvalue weighted by atomic mass is 10.1. The molecule has 0 radical (unpaired) electrons. The van der Waals surface area contributed by atoms with Crippen molar-refractivity contribution in [2.75, 3.05) is 13.2 Å². The molecule has 2 rings (SSSR count). The van der Waals surface area contributed by atoms with Gasteiger partial charge >= 0.3 is 0 Å².